The number of imidazole rings is 1. The molecule has 0 aliphatic carbocycles. The Morgan fingerprint density at radius 2 is 1.87 bits per heavy atom. The predicted molar refractivity (Wildman–Crippen MR) is 118 cm³/mol. The van der Waals surface area contributed by atoms with Crippen molar-refractivity contribution in [2.45, 2.75) is 13.0 Å². The minimum absolute atomic E-state index is 0.204. The highest BCUT2D eigenvalue weighted by Gasteiger charge is 2.34. The number of rotatable bonds is 6. The number of carbonyl (C=O) groups excluding carboxylic acids is 1. The average molecular weight is 406 g/mol. The van der Waals surface area contributed by atoms with E-state index in [0.29, 0.717) is 18.1 Å². The second kappa shape index (κ2) is 8.20. The lowest BCUT2D eigenvalue weighted by Gasteiger charge is -2.30. The summed E-state index contributed by atoms with van der Waals surface area (Å²) in [7, 11) is 5.59. The summed E-state index contributed by atoms with van der Waals surface area (Å²) in [5, 5.41) is 3.29. The van der Waals surface area contributed by atoms with Gasteiger partial charge in [-0.1, -0.05) is 24.3 Å². The lowest BCUT2D eigenvalue weighted by molar-refractivity contribution is -0.140. The molecular weight excluding hydrogens is 380 g/mol. The molecule has 0 radical (unpaired) electrons. The molecule has 0 amide bonds. The standard InChI is InChI=1S/C23H26N4O3/c1-15-20(22(28)30-14-13-29-4)21(16-9-11-17(12-10-16)26(2)3)27-19-8-6-5-7-18(19)25-23(27)24-15/h5-12,21H,13-14H2,1-4H3,(H,24,25). The van der Waals surface area contributed by atoms with Crippen LogP contribution in [0.25, 0.3) is 11.0 Å². The van der Waals surface area contributed by atoms with Crippen LogP contribution in [0.4, 0.5) is 11.6 Å². The molecule has 0 fully saturated rings. The number of para-hydroxylation sites is 2. The molecule has 1 atom stereocenters. The molecule has 4 rings (SSSR count). The fourth-order valence-corrected chi connectivity index (χ4v) is 3.79. The zero-order chi connectivity index (χ0) is 21.3. The van der Waals surface area contributed by atoms with Crippen molar-refractivity contribution < 1.29 is 14.3 Å². The van der Waals surface area contributed by atoms with Gasteiger partial charge in [0.05, 0.1) is 29.3 Å². The number of anilines is 2. The van der Waals surface area contributed by atoms with Gasteiger partial charge in [-0.05, 0) is 36.8 Å². The molecule has 7 heteroatoms. The van der Waals surface area contributed by atoms with Crippen LogP contribution < -0.4 is 10.2 Å². The highest BCUT2D eigenvalue weighted by atomic mass is 16.6. The maximum absolute atomic E-state index is 13.1. The fourth-order valence-electron chi connectivity index (χ4n) is 3.79. The van der Waals surface area contributed by atoms with Gasteiger partial charge in [-0.2, -0.15) is 0 Å². The Kier molecular flexibility index (Phi) is 5.46. The largest absolute Gasteiger partial charge is 0.460 e. The summed E-state index contributed by atoms with van der Waals surface area (Å²) in [5.74, 6) is 0.353. The summed E-state index contributed by atoms with van der Waals surface area (Å²) in [6.45, 7) is 2.44. The first-order valence-electron chi connectivity index (χ1n) is 9.89. The molecule has 1 unspecified atom stereocenters. The maximum atomic E-state index is 13.1. The number of esters is 1. The van der Waals surface area contributed by atoms with Gasteiger partial charge in [0.15, 0.2) is 0 Å². The summed E-state index contributed by atoms with van der Waals surface area (Å²) in [5.41, 5.74) is 5.22. The van der Waals surface area contributed by atoms with Crippen LogP contribution in [0.2, 0.25) is 0 Å². The quantitative estimate of drug-likeness (QED) is 0.499. The summed E-state index contributed by atoms with van der Waals surface area (Å²) in [4.78, 5) is 19.9. The van der Waals surface area contributed by atoms with E-state index in [4.69, 9.17) is 14.5 Å². The number of ether oxygens (including phenoxy) is 2. The van der Waals surface area contributed by atoms with Crippen molar-refractivity contribution in [3.05, 3.63) is 65.4 Å². The van der Waals surface area contributed by atoms with E-state index in [0.717, 1.165) is 28.0 Å². The summed E-state index contributed by atoms with van der Waals surface area (Å²) >= 11 is 0. The van der Waals surface area contributed by atoms with Crippen LogP contribution in [0, 0.1) is 0 Å². The smallest absolute Gasteiger partial charge is 0.338 e. The number of carbonyl (C=O) groups is 1. The van der Waals surface area contributed by atoms with E-state index in [1.165, 1.54) is 0 Å². The van der Waals surface area contributed by atoms with Gasteiger partial charge in [-0.3, -0.25) is 4.57 Å². The molecule has 0 spiro atoms. The number of hydrogen-bond acceptors (Lipinski definition) is 6. The number of nitrogens with zero attached hydrogens (tertiary/aromatic N) is 3. The third-order valence-corrected chi connectivity index (χ3v) is 5.30. The first kappa shape index (κ1) is 20.0. The molecule has 2 heterocycles. The molecule has 156 valence electrons. The van der Waals surface area contributed by atoms with E-state index in [1.54, 1.807) is 7.11 Å². The van der Waals surface area contributed by atoms with Gasteiger partial charge in [0, 0.05) is 32.6 Å². The van der Waals surface area contributed by atoms with Crippen LogP contribution in [-0.4, -0.2) is 49.9 Å². The Labute approximate surface area is 175 Å². The van der Waals surface area contributed by atoms with E-state index < -0.39 is 0 Å². The van der Waals surface area contributed by atoms with Gasteiger partial charge >= 0.3 is 5.97 Å². The van der Waals surface area contributed by atoms with Crippen molar-refractivity contribution in [2.24, 2.45) is 0 Å². The van der Waals surface area contributed by atoms with Gasteiger partial charge in [0.2, 0.25) is 5.95 Å². The van der Waals surface area contributed by atoms with E-state index in [-0.39, 0.29) is 18.6 Å². The number of aromatic nitrogens is 2. The normalized spacial score (nSPS) is 15.7. The molecule has 0 saturated carbocycles. The molecule has 1 N–H and O–H groups in total. The second-order valence-corrected chi connectivity index (χ2v) is 7.48. The summed E-state index contributed by atoms with van der Waals surface area (Å²) in [6, 6.07) is 15.8. The maximum Gasteiger partial charge on any atom is 0.338 e. The molecule has 0 saturated heterocycles. The monoisotopic (exact) mass is 406 g/mol. The van der Waals surface area contributed by atoms with Crippen LogP contribution in [0.15, 0.2) is 59.8 Å². The van der Waals surface area contributed by atoms with Crippen molar-refractivity contribution in [1.82, 2.24) is 9.55 Å². The zero-order valence-corrected chi connectivity index (χ0v) is 17.7. The lowest BCUT2D eigenvalue weighted by atomic mass is 9.94. The third-order valence-electron chi connectivity index (χ3n) is 5.30. The molecule has 7 nitrogen and oxygen atoms in total. The van der Waals surface area contributed by atoms with Gasteiger partial charge in [0.1, 0.15) is 6.61 Å². The predicted octanol–water partition coefficient (Wildman–Crippen LogP) is 3.58. The highest BCUT2D eigenvalue weighted by molar-refractivity contribution is 5.94. The number of hydrogen-bond donors (Lipinski definition) is 1. The Morgan fingerprint density at radius 1 is 1.13 bits per heavy atom. The Balaban J connectivity index is 1.85. The van der Waals surface area contributed by atoms with E-state index in [1.807, 2.05) is 50.2 Å². The van der Waals surface area contributed by atoms with E-state index in [2.05, 4.69) is 34.1 Å². The number of fused-ring (bicyclic) bond motifs is 3. The van der Waals surface area contributed by atoms with Gasteiger partial charge in [0.25, 0.3) is 0 Å². The molecule has 1 aliphatic rings. The zero-order valence-electron chi connectivity index (χ0n) is 17.7. The van der Waals surface area contributed by atoms with E-state index >= 15 is 0 Å². The molecule has 30 heavy (non-hydrogen) atoms. The van der Waals surface area contributed by atoms with Gasteiger partial charge < -0.3 is 19.7 Å². The first-order chi connectivity index (χ1) is 14.5. The Bertz CT molecular complexity index is 1100. The molecule has 1 aromatic heterocycles. The molecule has 2 aromatic carbocycles. The lowest BCUT2D eigenvalue weighted by Crippen LogP contribution is -2.29. The minimum atomic E-state index is -0.359. The first-order valence-corrected chi connectivity index (χ1v) is 9.89. The van der Waals surface area contributed by atoms with Crippen LogP contribution in [0.5, 0.6) is 0 Å². The summed E-state index contributed by atoms with van der Waals surface area (Å²) in [6.07, 6.45) is 0. The summed E-state index contributed by atoms with van der Waals surface area (Å²) < 4.78 is 12.6. The van der Waals surface area contributed by atoms with Crippen molar-refractivity contribution >= 4 is 28.6 Å². The minimum Gasteiger partial charge on any atom is -0.460 e. The van der Waals surface area contributed by atoms with Crippen LogP contribution in [0.3, 0.4) is 0 Å². The van der Waals surface area contributed by atoms with Gasteiger partial charge in [-0.15, -0.1) is 0 Å². The van der Waals surface area contributed by atoms with Gasteiger partial charge in [-0.25, -0.2) is 9.78 Å². The Morgan fingerprint density at radius 3 is 2.57 bits per heavy atom. The van der Waals surface area contributed by atoms with E-state index in [9.17, 15) is 4.79 Å². The number of allylic oxidation sites excluding steroid dienone is 1. The number of methoxy groups -OCH3 is 1. The molecule has 0 bridgehead atoms. The third kappa shape index (κ3) is 3.52. The molecule has 1 aliphatic heterocycles. The van der Waals surface area contributed by atoms with Crippen LogP contribution in [0.1, 0.15) is 18.5 Å². The van der Waals surface area contributed by atoms with Crippen LogP contribution in [-0.2, 0) is 14.3 Å². The highest BCUT2D eigenvalue weighted by Crippen LogP contribution is 2.39. The number of benzene rings is 2. The molecular formula is C23H26N4O3. The topological polar surface area (TPSA) is 68.6 Å². The molecule has 3 aromatic rings. The SMILES string of the molecule is COCCOC(=O)C1=C(C)Nc2nc3ccccc3n2C1c1ccc(N(C)C)cc1. The fraction of sp³-hybridized carbons (Fsp3) is 0.304. The van der Waals surface area contributed by atoms with Crippen LogP contribution >= 0.6 is 0 Å². The second-order valence-electron chi connectivity index (χ2n) is 7.48. The van der Waals surface area contributed by atoms with Crippen molar-refractivity contribution in [3.8, 4) is 0 Å². The average Bonchev–Trinajstić information content (AvgIpc) is 3.10. The Hall–Kier alpha value is -3.32. The van der Waals surface area contributed by atoms with Crippen molar-refractivity contribution in [2.75, 3.05) is 44.6 Å². The van der Waals surface area contributed by atoms with Crippen molar-refractivity contribution in [1.29, 1.82) is 0 Å². The number of nitrogens with one attached hydrogen (secondary N) is 1. The van der Waals surface area contributed by atoms with Crippen molar-refractivity contribution in [3.63, 3.8) is 0 Å².